The fourth-order valence-electron chi connectivity index (χ4n) is 3.18. The van der Waals surface area contributed by atoms with E-state index in [-0.39, 0.29) is 0 Å². The molecule has 0 amide bonds. The molecule has 2 aromatic rings. The van der Waals surface area contributed by atoms with Crippen LogP contribution in [-0.2, 0) is 9.47 Å². The monoisotopic (exact) mass is 337 g/mol. The van der Waals surface area contributed by atoms with Crippen LogP contribution in [0.2, 0.25) is 5.15 Å². The van der Waals surface area contributed by atoms with Crippen molar-refractivity contribution in [3.8, 4) is 0 Å². The molecule has 0 unspecified atom stereocenters. The van der Waals surface area contributed by atoms with E-state index >= 15 is 0 Å². The normalized spacial score (nSPS) is 20.9. The van der Waals surface area contributed by atoms with Crippen LogP contribution in [0.15, 0.2) is 6.20 Å². The second-order valence-corrected chi connectivity index (χ2v) is 6.42. The molecule has 1 N–H and O–H groups in total. The number of aromatic nitrogens is 4. The van der Waals surface area contributed by atoms with Crippen molar-refractivity contribution >= 4 is 23.1 Å². The lowest BCUT2D eigenvalue weighted by atomic mass is 10.00. The van der Waals surface area contributed by atoms with Crippen molar-refractivity contribution in [2.75, 3.05) is 31.7 Å². The first-order valence-corrected chi connectivity index (χ1v) is 8.52. The number of nitrogens with zero attached hydrogens (tertiary/aromatic N) is 4. The van der Waals surface area contributed by atoms with Crippen LogP contribution in [0.25, 0.3) is 5.52 Å². The predicted octanol–water partition coefficient (Wildman–Crippen LogP) is 2.26. The van der Waals surface area contributed by atoms with Crippen LogP contribution >= 0.6 is 11.6 Å². The number of imidazole rings is 1. The molecule has 4 rings (SSSR count). The van der Waals surface area contributed by atoms with Gasteiger partial charge in [0.25, 0.3) is 0 Å². The van der Waals surface area contributed by atoms with Gasteiger partial charge in [-0.3, -0.25) is 0 Å². The molecule has 124 valence electrons. The largest absolute Gasteiger partial charge is 0.381 e. The smallest absolute Gasteiger partial charge is 0.241 e. The molecular formula is C15H20ClN5O2. The topological polar surface area (TPSA) is 73.6 Å². The van der Waals surface area contributed by atoms with E-state index in [0.717, 1.165) is 63.5 Å². The van der Waals surface area contributed by atoms with Crippen LogP contribution in [0.5, 0.6) is 0 Å². The number of rotatable bonds is 3. The van der Waals surface area contributed by atoms with Crippen molar-refractivity contribution in [1.29, 1.82) is 0 Å². The number of halogens is 1. The van der Waals surface area contributed by atoms with Crippen LogP contribution in [0.3, 0.4) is 0 Å². The highest BCUT2D eigenvalue weighted by atomic mass is 35.5. The molecule has 8 heteroatoms. The Morgan fingerprint density at radius 1 is 1.09 bits per heavy atom. The number of hydrogen-bond donors (Lipinski definition) is 1. The molecule has 0 atom stereocenters. The third-order valence-corrected chi connectivity index (χ3v) is 4.79. The van der Waals surface area contributed by atoms with Gasteiger partial charge in [0.1, 0.15) is 11.3 Å². The van der Waals surface area contributed by atoms with Gasteiger partial charge in [-0.15, -0.1) is 5.10 Å². The molecule has 23 heavy (non-hydrogen) atoms. The lowest BCUT2D eigenvalue weighted by molar-refractivity contribution is 0.0832. The summed E-state index contributed by atoms with van der Waals surface area (Å²) in [6, 6.07) is 0.353. The Morgan fingerprint density at radius 3 is 2.52 bits per heavy atom. The first-order valence-electron chi connectivity index (χ1n) is 8.14. The molecule has 0 spiro atoms. The molecule has 2 aliphatic heterocycles. The standard InChI is InChI=1S/C15H20ClN5O2/c16-13-12-9-17-15(18-11-3-7-23-8-4-11)20-21(12)14(19-13)10-1-5-22-6-2-10/h9-11H,1-8H2,(H,18,20). The van der Waals surface area contributed by atoms with Crippen molar-refractivity contribution in [1.82, 2.24) is 19.6 Å². The summed E-state index contributed by atoms with van der Waals surface area (Å²) in [5, 5.41) is 8.49. The van der Waals surface area contributed by atoms with Gasteiger partial charge < -0.3 is 14.8 Å². The average Bonchev–Trinajstić information content (AvgIpc) is 2.93. The number of anilines is 1. The Hall–Kier alpha value is -1.44. The maximum absolute atomic E-state index is 6.26. The Kier molecular flexibility index (Phi) is 4.33. The molecule has 2 aromatic heterocycles. The van der Waals surface area contributed by atoms with Crippen LogP contribution in [0.4, 0.5) is 5.95 Å². The van der Waals surface area contributed by atoms with E-state index in [1.54, 1.807) is 6.20 Å². The zero-order valence-electron chi connectivity index (χ0n) is 12.9. The summed E-state index contributed by atoms with van der Waals surface area (Å²) in [5.74, 6) is 1.85. The second kappa shape index (κ2) is 6.59. The molecule has 2 saturated heterocycles. The lowest BCUT2D eigenvalue weighted by Crippen LogP contribution is -2.29. The number of fused-ring (bicyclic) bond motifs is 1. The fraction of sp³-hybridized carbons (Fsp3) is 0.667. The van der Waals surface area contributed by atoms with E-state index in [0.29, 0.717) is 23.1 Å². The van der Waals surface area contributed by atoms with Crippen LogP contribution in [-0.4, -0.2) is 52.1 Å². The van der Waals surface area contributed by atoms with Gasteiger partial charge in [0, 0.05) is 38.4 Å². The number of nitrogens with one attached hydrogen (secondary N) is 1. The quantitative estimate of drug-likeness (QED) is 0.926. The molecule has 0 aromatic carbocycles. The van der Waals surface area contributed by atoms with E-state index in [4.69, 9.17) is 21.1 Å². The molecule has 2 fully saturated rings. The van der Waals surface area contributed by atoms with Gasteiger partial charge >= 0.3 is 0 Å². The third kappa shape index (κ3) is 3.13. The molecule has 0 saturated carbocycles. The van der Waals surface area contributed by atoms with Gasteiger partial charge in [-0.25, -0.2) is 14.5 Å². The minimum atomic E-state index is 0.328. The highest BCUT2D eigenvalue weighted by Gasteiger charge is 2.24. The van der Waals surface area contributed by atoms with Crippen molar-refractivity contribution in [2.24, 2.45) is 0 Å². The SMILES string of the molecule is Clc1nc(C2CCOCC2)n2nc(NC3CCOCC3)ncc12. The molecular weight excluding hydrogens is 318 g/mol. The lowest BCUT2D eigenvalue weighted by Gasteiger charge is -2.23. The summed E-state index contributed by atoms with van der Waals surface area (Å²) in [4.78, 5) is 8.91. The van der Waals surface area contributed by atoms with E-state index in [1.807, 2.05) is 4.52 Å². The summed E-state index contributed by atoms with van der Waals surface area (Å²) in [6.07, 6.45) is 5.58. The molecule has 0 aliphatic carbocycles. The van der Waals surface area contributed by atoms with Crippen molar-refractivity contribution < 1.29 is 9.47 Å². The van der Waals surface area contributed by atoms with Crippen molar-refractivity contribution in [2.45, 2.75) is 37.6 Å². The minimum absolute atomic E-state index is 0.328. The summed E-state index contributed by atoms with van der Waals surface area (Å²) in [6.45, 7) is 3.08. The van der Waals surface area contributed by atoms with Gasteiger partial charge in [0.15, 0.2) is 5.15 Å². The molecule has 4 heterocycles. The van der Waals surface area contributed by atoms with Gasteiger partial charge in [-0.05, 0) is 25.7 Å². The molecule has 0 bridgehead atoms. The number of hydrogen-bond acceptors (Lipinski definition) is 6. The van der Waals surface area contributed by atoms with Gasteiger partial charge in [-0.1, -0.05) is 11.6 Å². The summed E-state index contributed by atoms with van der Waals surface area (Å²) >= 11 is 6.26. The molecule has 0 radical (unpaired) electrons. The van der Waals surface area contributed by atoms with Crippen molar-refractivity contribution in [3.63, 3.8) is 0 Å². The average molecular weight is 338 g/mol. The minimum Gasteiger partial charge on any atom is -0.381 e. The first kappa shape index (κ1) is 15.1. The van der Waals surface area contributed by atoms with E-state index < -0.39 is 0 Å². The van der Waals surface area contributed by atoms with Gasteiger partial charge in [0.2, 0.25) is 5.95 Å². The Bertz CT molecular complexity index is 680. The zero-order chi connectivity index (χ0) is 15.6. The first-order chi connectivity index (χ1) is 11.3. The van der Waals surface area contributed by atoms with E-state index in [9.17, 15) is 0 Å². The second-order valence-electron chi connectivity index (χ2n) is 6.06. The van der Waals surface area contributed by atoms with Crippen LogP contribution < -0.4 is 5.32 Å². The summed E-state index contributed by atoms with van der Waals surface area (Å²) in [7, 11) is 0. The van der Waals surface area contributed by atoms with Crippen LogP contribution in [0.1, 0.15) is 37.4 Å². The highest BCUT2D eigenvalue weighted by Crippen LogP contribution is 2.29. The fourth-order valence-corrected chi connectivity index (χ4v) is 3.40. The summed E-state index contributed by atoms with van der Waals surface area (Å²) < 4.78 is 12.7. The molecule has 2 aliphatic rings. The highest BCUT2D eigenvalue weighted by molar-refractivity contribution is 6.32. The molecule has 7 nitrogen and oxygen atoms in total. The van der Waals surface area contributed by atoms with Gasteiger partial charge in [0.05, 0.1) is 6.20 Å². The van der Waals surface area contributed by atoms with E-state index in [2.05, 4.69) is 20.4 Å². The third-order valence-electron chi connectivity index (χ3n) is 4.51. The predicted molar refractivity (Wildman–Crippen MR) is 86.0 cm³/mol. The van der Waals surface area contributed by atoms with E-state index in [1.165, 1.54) is 0 Å². The van der Waals surface area contributed by atoms with Crippen molar-refractivity contribution in [3.05, 3.63) is 17.2 Å². The van der Waals surface area contributed by atoms with Crippen LogP contribution in [0, 0.1) is 0 Å². The maximum atomic E-state index is 6.26. The zero-order valence-corrected chi connectivity index (χ0v) is 13.6. The van der Waals surface area contributed by atoms with Gasteiger partial charge in [-0.2, -0.15) is 0 Å². The maximum Gasteiger partial charge on any atom is 0.241 e. The Balaban J connectivity index is 1.63. The Morgan fingerprint density at radius 2 is 1.78 bits per heavy atom. The number of ether oxygens (including phenoxy) is 2. The Labute approximate surface area is 139 Å². The summed E-state index contributed by atoms with van der Waals surface area (Å²) in [5.41, 5.74) is 0.755.